The van der Waals surface area contributed by atoms with Crippen molar-refractivity contribution in [2.45, 2.75) is 19.0 Å². The molecule has 0 bridgehead atoms. The summed E-state index contributed by atoms with van der Waals surface area (Å²) in [5.74, 6) is 1.40. The van der Waals surface area contributed by atoms with E-state index in [1.165, 1.54) is 0 Å². The van der Waals surface area contributed by atoms with Crippen LogP contribution in [0.2, 0.25) is 0 Å². The van der Waals surface area contributed by atoms with Crippen LogP contribution in [0.15, 0.2) is 24.4 Å². The fourth-order valence-corrected chi connectivity index (χ4v) is 3.11. The largest absolute Gasteiger partial charge is 0.497 e. The first-order chi connectivity index (χ1) is 12.0. The van der Waals surface area contributed by atoms with Crippen LogP contribution >= 0.6 is 0 Å². The van der Waals surface area contributed by atoms with Crippen molar-refractivity contribution in [2.75, 3.05) is 32.7 Å². The third kappa shape index (κ3) is 3.58. The molecule has 1 aliphatic heterocycles. The van der Waals surface area contributed by atoms with Gasteiger partial charge in [0.1, 0.15) is 11.5 Å². The van der Waals surface area contributed by atoms with Gasteiger partial charge in [-0.2, -0.15) is 0 Å². The van der Waals surface area contributed by atoms with E-state index >= 15 is 0 Å². The molecule has 1 atom stereocenters. The summed E-state index contributed by atoms with van der Waals surface area (Å²) in [6.07, 6.45) is 2.62. The van der Waals surface area contributed by atoms with Crippen LogP contribution in [0.5, 0.6) is 11.5 Å². The number of nitrogens with zero attached hydrogens (tertiary/aromatic N) is 5. The van der Waals surface area contributed by atoms with E-state index in [-0.39, 0.29) is 11.9 Å². The number of anilines is 1. The fraction of sp³-hybridized carbons (Fsp3) is 0.471. The van der Waals surface area contributed by atoms with E-state index in [1.54, 1.807) is 29.9 Å². The smallest absolute Gasteiger partial charge is 0.244 e. The van der Waals surface area contributed by atoms with Crippen LogP contribution in [-0.4, -0.2) is 59.7 Å². The highest BCUT2D eigenvalue weighted by molar-refractivity contribution is 5.99. The second kappa shape index (κ2) is 7.10. The highest BCUT2D eigenvalue weighted by atomic mass is 16.5. The average Bonchev–Trinajstić information content (AvgIpc) is 3.19. The van der Waals surface area contributed by atoms with Crippen molar-refractivity contribution in [1.82, 2.24) is 19.9 Å². The molecule has 0 N–H and O–H groups in total. The van der Waals surface area contributed by atoms with Gasteiger partial charge in [-0.05, 0) is 13.5 Å². The maximum absolute atomic E-state index is 12.9. The summed E-state index contributed by atoms with van der Waals surface area (Å²) >= 11 is 0. The van der Waals surface area contributed by atoms with E-state index < -0.39 is 0 Å². The lowest BCUT2D eigenvalue weighted by atomic mass is 10.2. The monoisotopic (exact) mass is 345 g/mol. The highest BCUT2D eigenvalue weighted by Crippen LogP contribution is 2.31. The second-order valence-corrected chi connectivity index (χ2v) is 6.16. The summed E-state index contributed by atoms with van der Waals surface area (Å²) < 4.78 is 12.3. The molecular weight excluding hydrogens is 322 g/mol. The van der Waals surface area contributed by atoms with Gasteiger partial charge in [0.15, 0.2) is 0 Å². The zero-order valence-electron chi connectivity index (χ0n) is 15.0. The van der Waals surface area contributed by atoms with E-state index in [2.05, 4.69) is 10.3 Å². The molecule has 1 aromatic heterocycles. The van der Waals surface area contributed by atoms with Crippen LogP contribution in [0.1, 0.15) is 12.1 Å². The maximum Gasteiger partial charge on any atom is 0.244 e. The lowest BCUT2D eigenvalue weighted by Gasteiger charge is -2.23. The number of rotatable bonds is 6. The molecule has 2 heterocycles. The van der Waals surface area contributed by atoms with E-state index in [0.717, 1.165) is 17.8 Å². The van der Waals surface area contributed by atoms with Crippen LogP contribution in [0.25, 0.3) is 0 Å². The van der Waals surface area contributed by atoms with Gasteiger partial charge in [0.05, 0.1) is 31.6 Å². The number of aryl methyl sites for hydroxylation is 1. The molecule has 3 rings (SSSR count). The molecule has 1 aliphatic rings. The summed E-state index contributed by atoms with van der Waals surface area (Å²) in [6, 6.07) is 5.32. The Morgan fingerprint density at radius 3 is 2.48 bits per heavy atom. The zero-order valence-corrected chi connectivity index (χ0v) is 15.0. The van der Waals surface area contributed by atoms with Crippen molar-refractivity contribution in [1.29, 1.82) is 0 Å². The molecule has 2 aromatic rings. The van der Waals surface area contributed by atoms with Gasteiger partial charge >= 0.3 is 0 Å². The molecule has 1 fully saturated rings. The summed E-state index contributed by atoms with van der Waals surface area (Å²) in [5.41, 5.74) is 1.64. The molecule has 1 aromatic carbocycles. The number of carbonyl (C=O) groups excluding carboxylic acids is 1. The van der Waals surface area contributed by atoms with Crippen molar-refractivity contribution in [3.05, 3.63) is 30.1 Å². The third-order valence-electron chi connectivity index (χ3n) is 4.42. The molecule has 0 aliphatic carbocycles. The Morgan fingerprint density at radius 1 is 1.24 bits per heavy atom. The number of aromatic nitrogens is 3. The van der Waals surface area contributed by atoms with E-state index in [0.29, 0.717) is 24.6 Å². The Bertz CT molecular complexity index is 738. The van der Waals surface area contributed by atoms with Crippen LogP contribution < -0.4 is 14.4 Å². The minimum absolute atomic E-state index is 0.0710. The van der Waals surface area contributed by atoms with Gasteiger partial charge in [0.25, 0.3) is 0 Å². The fourth-order valence-electron chi connectivity index (χ4n) is 3.11. The minimum atomic E-state index is -0.181. The second-order valence-electron chi connectivity index (χ2n) is 6.16. The van der Waals surface area contributed by atoms with Crippen molar-refractivity contribution in [3.63, 3.8) is 0 Å². The Morgan fingerprint density at radius 2 is 1.92 bits per heavy atom. The number of likely N-dealkylation sites (N-methyl/N-ethyl adjacent to an activating group) is 1. The Labute approximate surface area is 146 Å². The summed E-state index contributed by atoms with van der Waals surface area (Å²) in [6.45, 7) is 1.24. The summed E-state index contributed by atoms with van der Waals surface area (Å²) in [5, 5.41) is 8.02. The Balaban J connectivity index is 1.75. The van der Waals surface area contributed by atoms with Gasteiger partial charge in [0.2, 0.25) is 5.91 Å². The van der Waals surface area contributed by atoms with Gasteiger partial charge in [-0.25, -0.2) is 0 Å². The van der Waals surface area contributed by atoms with Gasteiger partial charge in [-0.3, -0.25) is 14.4 Å². The molecule has 1 saturated heterocycles. The first-order valence-electron chi connectivity index (χ1n) is 8.11. The molecule has 0 spiro atoms. The number of benzene rings is 1. The van der Waals surface area contributed by atoms with E-state index in [1.807, 2.05) is 37.3 Å². The summed E-state index contributed by atoms with van der Waals surface area (Å²) in [4.78, 5) is 16.7. The SMILES string of the molecule is COc1cc(OC)cc(N2CCC(N(C)Cc3cn(C)nn3)C2=O)c1. The van der Waals surface area contributed by atoms with Crippen molar-refractivity contribution < 1.29 is 14.3 Å². The Kier molecular flexibility index (Phi) is 4.89. The predicted molar refractivity (Wildman–Crippen MR) is 92.8 cm³/mol. The lowest BCUT2D eigenvalue weighted by Crippen LogP contribution is -2.39. The maximum atomic E-state index is 12.9. The Hall–Kier alpha value is -2.61. The topological polar surface area (TPSA) is 72.7 Å². The van der Waals surface area contributed by atoms with Crippen LogP contribution in [0, 0.1) is 0 Å². The summed E-state index contributed by atoms with van der Waals surface area (Å²) in [7, 11) is 6.96. The molecule has 1 unspecified atom stereocenters. The molecule has 134 valence electrons. The molecule has 8 heteroatoms. The molecule has 0 saturated carbocycles. The van der Waals surface area contributed by atoms with Crippen LogP contribution in [0.4, 0.5) is 5.69 Å². The van der Waals surface area contributed by atoms with E-state index in [4.69, 9.17) is 9.47 Å². The molecule has 8 nitrogen and oxygen atoms in total. The number of methoxy groups -OCH3 is 2. The molecule has 25 heavy (non-hydrogen) atoms. The van der Waals surface area contributed by atoms with Crippen LogP contribution in [0.3, 0.4) is 0 Å². The molecular formula is C17H23N5O3. The van der Waals surface area contributed by atoms with Gasteiger partial charge in [-0.1, -0.05) is 5.21 Å². The van der Waals surface area contributed by atoms with E-state index in [9.17, 15) is 4.79 Å². The molecule has 1 amide bonds. The molecule has 0 radical (unpaired) electrons. The van der Waals surface area contributed by atoms with Crippen molar-refractivity contribution in [3.8, 4) is 11.5 Å². The highest BCUT2D eigenvalue weighted by Gasteiger charge is 2.35. The average molecular weight is 345 g/mol. The first kappa shape index (κ1) is 17.2. The first-order valence-corrected chi connectivity index (χ1v) is 8.11. The third-order valence-corrected chi connectivity index (χ3v) is 4.42. The van der Waals surface area contributed by atoms with Crippen LogP contribution in [-0.2, 0) is 18.4 Å². The quantitative estimate of drug-likeness (QED) is 0.780. The zero-order chi connectivity index (χ0) is 18.0. The minimum Gasteiger partial charge on any atom is -0.497 e. The van der Waals surface area contributed by atoms with Gasteiger partial charge in [0, 0.05) is 44.5 Å². The normalized spacial score (nSPS) is 17.4. The number of hydrogen-bond donors (Lipinski definition) is 0. The van der Waals surface area contributed by atoms with Gasteiger partial charge < -0.3 is 14.4 Å². The number of hydrogen-bond acceptors (Lipinski definition) is 6. The standard InChI is InChI=1S/C17H23N5O3/c1-20(10-12-11-21(2)19-18-12)16-5-6-22(17(16)23)13-7-14(24-3)9-15(8-13)25-4/h7-9,11,16H,5-6,10H2,1-4H3. The lowest BCUT2D eigenvalue weighted by molar-refractivity contribution is -0.121. The predicted octanol–water partition coefficient (Wildman–Crippen LogP) is 1.07. The number of amides is 1. The van der Waals surface area contributed by atoms with Crippen molar-refractivity contribution >= 4 is 11.6 Å². The van der Waals surface area contributed by atoms with Crippen molar-refractivity contribution in [2.24, 2.45) is 7.05 Å². The number of carbonyl (C=O) groups is 1. The number of ether oxygens (including phenoxy) is 2. The van der Waals surface area contributed by atoms with Gasteiger partial charge in [-0.15, -0.1) is 5.10 Å².